The van der Waals surface area contributed by atoms with E-state index in [1.165, 1.54) is 0 Å². The lowest BCUT2D eigenvalue weighted by Gasteiger charge is -2.41. The van der Waals surface area contributed by atoms with E-state index in [4.69, 9.17) is 4.74 Å². The number of piperidine rings is 1. The molecule has 5 heteroatoms. The van der Waals surface area contributed by atoms with Crippen molar-refractivity contribution in [2.24, 2.45) is 5.92 Å². The maximum absolute atomic E-state index is 12.9. The second-order valence-electron chi connectivity index (χ2n) is 8.69. The molecule has 1 aliphatic rings. The van der Waals surface area contributed by atoms with E-state index in [9.17, 15) is 9.59 Å². The number of amides is 2. The molecule has 1 heterocycles. The van der Waals surface area contributed by atoms with E-state index >= 15 is 0 Å². The Balaban J connectivity index is 2.06. The first kappa shape index (κ1) is 20.3. The Kier molecular flexibility index (Phi) is 5.99. The maximum Gasteiger partial charge on any atom is 0.230 e. The third-order valence-corrected chi connectivity index (χ3v) is 5.03. The minimum absolute atomic E-state index is 0.0387. The number of carbonyl (C=O) groups is 2. The second kappa shape index (κ2) is 7.68. The maximum atomic E-state index is 12.9. The Labute approximate surface area is 156 Å². The molecular weight excluding hydrogens is 328 g/mol. The van der Waals surface area contributed by atoms with Gasteiger partial charge >= 0.3 is 0 Å². The quantitative estimate of drug-likeness (QED) is 0.819. The van der Waals surface area contributed by atoms with E-state index in [0.29, 0.717) is 25.4 Å². The fourth-order valence-electron chi connectivity index (χ4n) is 3.10. The Bertz CT molecular complexity index is 648. The summed E-state index contributed by atoms with van der Waals surface area (Å²) in [4.78, 5) is 24.6. The number of nitrogens with one attached hydrogen (secondary N) is 2. The van der Waals surface area contributed by atoms with E-state index in [0.717, 1.165) is 11.3 Å². The predicted octanol–water partition coefficient (Wildman–Crippen LogP) is 3.17. The average Bonchev–Trinajstić information content (AvgIpc) is 2.55. The molecule has 0 aromatic heterocycles. The molecule has 1 aromatic carbocycles. The van der Waals surface area contributed by atoms with Crippen LogP contribution in [-0.2, 0) is 15.0 Å². The van der Waals surface area contributed by atoms with Gasteiger partial charge in [-0.25, -0.2) is 0 Å². The van der Waals surface area contributed by atoms with Gasteiger partial charge in [0.25, 0.3) is 0 Å². The third-order valence-electron chi connectivity index (χ3n) is 5.03. The highest BCUT2D eigenvalue weighted by molar-refractivity contribution is 5.88. The first-order valence-electron chi connectivity index (χ1n) is 9.37. The van der Waals surface area contributed by atoms with Crippen molar-refractivity contribution in [3.05, 3.63) is 29.8 Å². The minimum atomic E-state index is -0.673. The molecule has 1 atom stereocenters. The van der Waals surface area contributed by atoms with Crippen molar-refractivity contribution < 1.29 is 14.3 Å². The van der Waals surface area contributed by atoms with Crippen LogP contribution in [0.5, 0.6) is 5.75 Å². The van der Waals surface area contributed by atoms with Gasteiger partial charge in [0.15, 0.2) is 0 Å². The monoisotopic (exact) mass is 360 g/mol. The van der Waals surface area contributed by atoms with Gasteiger partial charge in [-0.05, 0) is 57.7 Å². The van der Waals surface area contributed by atoms with Crippen molar-refractivity contribution in [3.8, 4) is 5.75 Å². The molecule has 0 saturated carbocycles. The van der Waals surface area contributed by atoms with Crippen molar-refractivity contribution in [2.75, 3.05) is 6.61 Å². The summed E-state index contributed by atoms with van der Waals surface area (Å²) in [6.45, 7) is 12.6. The van der Waals surface area contributed by atoms with Gasteiger partial charge in [0, 0.05) is 6.42 Å². The van der Waals surface area contributed by atoms with E-state index in [1.807, 2.05) is 52.0 Å². The second-order valence-corrected chi connectivity index (χ2v) is 8.69. The lowest BCUT2D eigenvalue weighted by atomic mass is 9.81. The van der Waals surface area contributed by atoms with Gasteiger partial charge < -0.3 is 15.4 Å². The van der Waals surface area contributed by atoms with Gasteiger partial charge in [0.1, 0.15) is 5.75 Å². The number of hydrogen-bond donors (Lipinski definition) is 2. The van der Waals surface area contributed by atoms with E-state index in [-0.39, 0.29) is 17.9 Å². The molecule has 144 valence electrons. The zero-order chi connectivity index (χ0) is 19.5. The first-order valence-corrected chi connectivity index (χ1v) is 9.37. The van der Waals surface area contributed by atoms with E-state index in [1.54, 1.807) is 0 Å². The van der Waals surface area contributed by atoms with Crippen LogP contribution in [0.1, 0.15) is 59.9 Å². The summed E-state index contributed by atoms with van der Waals surface area (Å²) in [5.74, 6) is 1.28. The van der Waals surface area contributed by atoms with Gasteiger partial charge in [-0.1, -0.05) is 26.0 Å². The van der Waals surface area contributed by atoms with Crippen LogP contribution in [0.15, 0.2) is 24.3 Å². The first-order chi connectivity index (χ1) is 12.0. The van der Waals surface area contributed by atoms with Crippen molar-refractivity contribution in [2.45, 2.75) is 71.4 Å². The number of hydrogen-bond acceptors (Lipinski definition) is 3. The summed E-state index contributed by atoms with van der Waals surface area (Å²) < 4.78 is 5.71. The molecular formula is C21H32N2O3. The number of ether oxygens (including phenoxy) is 1. The number of benzene rings is 1. The number of carbonyl (C=O) groups excluding carboxylic acids is 2. The van der Waals surface area contributed by atoms with Gasteiger partial charge in [0.05, 0.1) is 23.6 Å². The lowest BCUT2D eigenvalue weighted by Crippen LogP contribution is -2.63. The van der Waals surface area contributed by atoms with Gasteiger partial charge in [-0.15, -0.1) is 0 Å². The molecule has 1 fully saturated rings. The topological polar surface area (TPSA) is 67.4 Å². The standard InChI is InChI=1S/C21H32N2O3/c1-14(2)13-26-16-9-7-15(8-10-16)20(3,4)19(25)22-17-11-12-18(24)23-21(17,5)6/h7-10,14,17H,11-13H2,1-6H3,(H,22,25)(H,23,24). The lowest BCUT2D eigenvalue weighted by molar-refractivity contribution is -0.130. The van der Waals surface area contributed by atoms with Crippen LogP contribution < -0.4 is 15.4 Å². The van der Waals surface area contributed by atoms with E-state index in [2.05, 4.69) is 24.5 Å². The van der Waals surface area contributed by atoms with Gasteiger partial charge in [0.2, 0.25) is 11.8 Å². The van der Waals surface area contributed by atoms with E-state index < -0.39 is 11.0 Å². The largest absolute Gasteiger partial charge is 0.493 e. The van der Waals surface area contributed by atoms with Crippen LogP contribution in [0.3, 0.4) is 0 Å². The smallest absolute Gasteiger partial charge is 0.230 e. The summed E-state index contributed by atoms with van der Waals surface area (Å²) in [7, 11) is 0. The Morgan fingerprint density at radius 2 is 1.92 bits per heavy atom. The summed E-state index contributed by atoms with van der Waals surface area (Å²) in [5.41, 5.74) is -0.187. The molecule has 26 heavy (non-hydrogen) atoms. The normalized spacial score (nSPS) is 19.8. The van der Waals surface area contributed by atoms with Crippen molar-refractivity contribution in [3.63, 3.8) is 0 Å². The third kappa shape index (κ3) is 4.77. The Hall–Kier alpha value is -2.04. The highest BCUT2D eigenvalue weighted by Crippen LogP contribution is 2.27. The van der Waals surface area contributed by atoms with Gasteiger partial charge in [-0.2, -0.15) is 0 Å². The van der Waals surface area contributed by atoms with Crippen LogP contribution >= 0.6 is 0 Å². The summed E-state index contributed by atoms with van der Waals surface area (Å²) in [5, 5.41) is 6.10. The fourth-order valence-corrected chi connectivity index (χ4v) is 3.10. The van der Waals surface area contributed by atoms with Crippen LogP contribution in [-0.4, -0.2) is 30.0 Å². The fraction of sp³-hybridized carbons (Fsp3) is 0.619. The summed E-state index contributed by atoms with van der Waals surface area (Å²) in [6, 6.07) is 7.64. The zero-order valence-electron chi connectivity index (χ0n) is 16.8. The van der Waals surface area contributed by atoms with Crippen LogP contribution in [0.4, 0.5) is 0 Å². The van der Waals surface area contributed by atoms with Crippen LogP contribution in [0.25, 0.3) is 0 Å². The minimum Gasteiger partial charge on any atom is -0.493 e. The average molecular weight is 360 g/mol. The van der Waals surface area contributed by atoms with Crippen molar-refractivity contribution in [1.82, 2.24) is 10.6 Å². The Morgan fingerprint density at radius 1 is 1.31 bits per heavy atom. The SMILES string of the molecule is CC(C)COc1ccc(C(C)(C)C(=O)NC2CCC(=O)NC2(C)C)cc1. The molecule has 1 aromatic rings. The highest BCUT2D eigenvalue weighted by atomic mass is 16.5. The molecule has 0 bridgehead atoms. The molecule has 1 aliphatic heterocycles. The van der Waals surface area contributed by atoms with Crippen molar-refractivity contribution in [1.29, 1.82) is 0 Å². The van der Waals surface area contributed by atoms with Crippen LogP contribution in [0.2, 0.25) is 0 Å². The molecule has 2 amide bonds. The summed E-state index contributed by atoms with van der Waals surface area (Å²) in [6.07, 6.45) is 1.10. The molecule has 5 nitrogen and oxygen atoms in total. The molecule has 1 saturated heterocycles. The van der Waals surface area contributed by atoms with Crippen molar-refractivity contribution >= 4 is 11.8 Å². The molecule has 0 spiro atoms. The molecule has 0 radical (unpaired) electrons. The summed E-state index contributed by atoms with van der Waals surface area (Å²) >= 11 is 0. The molecule has 2 N–H and O–H groups in total. The van der Waals surface area contributed by atoms with Gasteiger partial charge in [-0.3, -0.25) is 9.59 Å². The highest BCUT2D eigenvalue weighted by Gasteiger charge is 2.39. The predicted molar refractivity (Wildman–Crippen MR) is 103 cm³/mol. The Morgan fingerprint density at radius 3 is 2.46 bits per heavy atom. The van der Waals surface area contributed by atoms with Crippen LogP contribution in [0, 0.1) is 5.92 Å². The molecule has 1 unspecified atom stereocenters. The molecule has 0 aliphatic carbocycles. The molecule has 2 rings (SSSR count). The number of rotatable bonds is 6. The zero-order valence-corrected chi connectivity index (χ0v) is 16.8.